The smallest absolute Gasteiger partial charge is 0.255 e. The monoisotopic (exact) mass is 328 g/mol. The van der Waals surface area contributed by atoms with Gasteiger partial charge < -0.3 is 14.8 Å². The third kappa shape index (κ3) is 5.37. The van der Waals surface area contributed by atoms with Crippen LogP contribution in [0.2, 0.25) is 0 Å². The Hall–Kier alpha value is -2.37. The standard InChI is InChI=1S/C19H24N2O3/c1-21(11-12-23-2)14-15-7-9-16(10-8-15)19(22)20-17-5-4-6-18(13-17)24-3/h4-10,13H,11-12,14H2,1-3H3,(H,20,22). The second-order valence-electron chi connectivity index (χ2n) is 5.61. The Balaban J connectivity index is 1.95. The summed E-state index contributed by atoms with van der Waals surface area (Å²) in [5.41, 5.74) is 2.50. The summed E-state index contributed by atoms with van der Waals surface area (Å²) in [7, 11) is 5.34. The fourth-order valence-corrected chi connectivity index (χ4v) is 2.30. The molecule has 5 nitrogen and oxygen atoms in total. The van der Waals surface area contributed by atoms with Crippen LogP contribution in [0, 0.1) is 0 Å². The third-order valence-corrected chi connectivity index (χ3v) is 3.67. The molecule has 0 radical (unpaired) electrons. The Morgan fingerprint density at radius 1 is 1.12 bits per heavy atom. The molecule has 2 aromatic rings. The van der Waals surface area contributed by atoms with Crippen molar-refractivity contribution in [2.24, 2.45) is 0 Å². The van der Waals surface area contributed by atoms with Crippen molar-refractivity contribution in [3.63, 3.8) is 0 Å². The summed E-state index contributed by atoms with van der Waals surface area (Å²) in [6.07, 6.45) is 0. The molecule has 0 atom stereocenters. The van der Waals surface area contributed by atoms with Gasteiger partial charge in [-0.05, 0) is 36.9 Å². The first kappa shape index (κ1) is 18.0. The average Bonchev–Trinajstić information content (AvgIpc) is 2.60. The molecule has 1 amide bonds. The lowest BCUT2D eigenvalue weighted by molar-refractivity contribution is 0.102. The molecule has 1 N–H and O–H groups in total. The zero-order valence-corrected chi connectivity index (χ0v) is 14.4. The van der Waals surface area contributed by atoms with Crippen molar-refractivity contribution in [1.82, 2.24) is 4.90 Å². The molecule has 0 bridgehead atoms. The molecule has 0 saturated carbocycles. The molecule has 5 heteroatoms. The normalized spacial score (nSPS) is 10.7. The van der Waals surface area contributed by atoms with Gasteiger partial charge in [-0.15, -0.1) is 0 Å². The number of likely N-dealkylation sites (N-methyl/N-ethyl adjacent to an activating group) is 1. The Morgan fingerprint density at radius 3 is 2.54 bits per heavy atom. The van der Waals surface area contributed by atoms with E-state index in [0.717, 1.165) is 18.7 Å². The van der Waals surface area contributed by atoms with E-state index in [-0.39, 0.29) is 5.91 Å². The van der Waals surface area contributed by atoms with Crippen LogP contribution in [0.15, 0.2) is 48.5 Å². The fourth-order valence-electron chi connectivity index (χ4n) is 2.30. The van der Waals surface area contributed by atoms with E-state index in [1.54, 1.807) is 20.3 Å². The van der Waals surface area contributed by atoms with E-state index in [9.17, 15) is 4.79 Å². The van der Waals surface area contributed by atoms with Gasteiger partial charge in [0.1, 0.15) is 5.75 Å². The zero-order chi connectivity index (χ0) is 17.4. The number of carbonyl (C=O) groups is 1. The van der Waals surface area contributed by atoms with Crippen LogP contribution < -0.4 is 10.1 Å². The second-order valence-corrected chi connectivity index (χ2v) is 5.61. The van der Waals surface area contributed by atoms with Crippen molar-refractivity contribution in [3.8, 4) is 5.75 Å². The summed E-state index contributed by atoms with van der Waals surface area (Å²) in [5.74, 6) is 0.574. The van der Waals surface area contributed by atoms with Crippen molar-refractivity contribution in [2.45, 2.75) is 6.54 Å². The van der Waals surface area contributed by atoms with E-state index in [2.05, 4.69) is 10.2 Å². The van der Waals surface area contributed by atoms with E-state index in [1.165, 1.54) is 0 Å². The van der Waals surface area contributed by atoms with Crippen LogP contribution in [0.25, 0.3) is 0 Å². The van der Waals surface area contributed by atoms with Crippen LogP contribution in [0.1, 0.15) is 15.9 Å². The molecule has 2 aromatic carbocycles. The van der Waals surface area contributed by atoms with Gasteiger partial charge in [-0.2, -0.15) is 0 Å². The maximum Gasteiger partial charge on any atom is 0.255 e. The van der Waals surface area contributed by atoms with E-state index in [1.807, 2.05) is 49.5 Å². The van der Waals surface area contributed by atoms with Crippen LogP contribution in [-0.2, 0) is 11.3 Å². The van der Waals surface area contributed by atoms with Gasteiger partial charge in [0, 0.05) is 37.5 Å². The number of amides is 1. The first-order valence-corrected chi connectivity index (χ1v) is 7.84. The predicted octanol–water partition coefficient (Wildman–Crippen LogP) is 3.03. The quantitative estimate of drug-likeness (QED) is 0.809. The molecule has 0 saturated heterocycles. The SMILES string of the molecule is COCCN(C)Cc1ccc(C(=O)Nc2cccc(OC)c2)cc1. The maximum atomic E-state index is 12.3. The average molecular weight is 328 g/mol. The topological polar surface area (TPSA) is 50.8 Å². The number of nitrogens with zero attached hydrogens (tertiary/aromatic N) is 1. The fraction of sp³-hybridized carbons (Fsp3) is 0.316. The first-order valence-electron chi connectivity index (χ1n) is 7.84. The van der Waals surface area contributed by atoms with Gasteiger partial charge >= 0.3 is 0 Å². The molecule has 0 aliphatic carbocycles. The van der Waals surface area contributed by atoms with E-state index in [4.69, 9.17) is 9.47 Å². The number of nitrogens with one attached hydrogen (secondary N) is 1. The highest BCUT2D eigenvalue weighted by molar-refractivity contribution is 6.04. The minimum absolute atomic E-state index is 0.137. The van der Waals surface area contributed by atoms with Crippen molar-refractivity contribution in [2.75, 3.05) is 39.7 Å². The van der Waals surface area contributed by atoms with Gasteiger partial charge in [0.15, 0.2) is 0 Å². The van der Waals surface area contributed by atoms with Crippen LogP contribution in [-0.4, -0.2) is 45.2 Å². The van der Waals surface area contributed by atoms with Crippen LogP contribution in [0.5, 0.6) is 5.75 Å². The zero-order valence-electron chi connectivity index (χ0n) is 14.4. The highest BCUT2D eigenvalue weighted by atomic mass is 16.5. The van der Waals surface area contributed by atoms with E-state index >= 15 is 0 Å². The largest absolute Gasteiger partial charge is 0.497 e. The molecule has 0 aromatic heterocycles. The molecule has 0 fully saturated rings. The van der Waals surface area contributed by atoms with Gasteiger partial charge in [-0.1, -0.05) is 18.2 Å². The van der Waals surface area contributed by atoms with E-state index < -0.39 is 0 Å². The number of benzene rings is 2. The van der Waals surface area contributed by atoms with Gasteiger partial charge in [-0.3, -0.25) is 9.69 Å². The Morgan fingerprint density at radius 2 is 1.88 bits per heavy atom. The molecule has 2 rings (SSSR count). The van der Waals surface area contributed by atoms with Crippen molar-refractivity contribution >= 4 is 11.6 Å². The molecule has 0 aliphatic rings. The molecule has 128 valence electrons. The van der Waals surface area contributed by atoms with Crippen LogP contribution in [0.4, 0.5) is 5.69 Å². The highest BCUT2D eigenvalue weighted by Gasteiger charge is 2.07. The molecular formula is C19H24N2O3. The number of ether oxygens (including phenoxy) is 2. The third-order valence-electron chi connectivity index (χ3n) is 3.67. The van der Waals surface area contributed by atoms with Crippen molar-refractivity contribution < 1.29 is 14.3 Å². The number of hydrogen-bond donors (Lipinski definition) is 1. The lowest BCUT2D eigenvalue weighted by Gasteiger charge is -2.16. The number of methoxy groups -OCH3 is 2. The summed E-state index contributed by atoms with van der Waals surface area (Å²) < 4.78 is 10.2. The molecule has 0 unspecified atom stereocenters. The Bertz CT molecular complexity index is 656. The lowest BCUT2D eigenvalue weighted by Crippen LogP contribution is -2.22. The Kier molecular flexibility index (Phi) is 6.78. The number of rotatable bonds is 8. The molecule has 0 aliphatic heterocycles. The first-order chi connectivity index (χ1) is 11.6. The minimum atomic E-state index is -0.137. The molecule has 0 heterocycles. The number of hydrogen-bond acceptors (Lipinski definition) is 4. The molecular weight excluding hydrogens is 304 g/mol. The van der Waals surface area contributed by atoms with Crippen molar-refractivity contribution in [3.05, 3.63) is 59.7 Å². The van der Waals surface area contributed by atoms with E-state index in [0.29, 0.717) is 23.6 Å². The molecule has 24 heavy (non-hydrogen) atoms. The van der Waals surface area contributed by atoms with Crippen LogP contribution in [0.3, 0.4) is 0 Å². The maximum absolute atomic E-state index is 12.3. The Labute approximate surface area is 143 Å². The summed E-state index contributed by atoms with van der Waals surface area (Å²) in [6, 6.07) is 14.9. The predicted molar refractivity (Wildman–Crippen MR) is 95.6 cm³/mol. The summed E-state index contributed by atoms with van der Waals surface area (Å²) in [4.78, 5) is 14.5. The second kappa shape index (κ2) is 9.05. The minimum Gasteiger partial charge on any atom is -0.497 e. The summed E-state index contributed by atoms with van der Waals surface area (Å²) >= 11 is 0. The van der Waals surface area contributed by atoms with Gasteiger partial charge in [0.25, 0.3) is 5.91 Å². The molecule has 0 spiro atoms. The van der Waals surface area contributed by atoms with Crippen LogP contribution >= 0.6 is 0 Å². The van der Waals surface area contributed by atoms with Crippen molar-refractivity contribution in [1.29, 1.82) is 0 Å². The number of carbonyl (C=O) groups excluding carboxylic acids is 1. The summed E-state index contributed by atoms with van der Waals surface area (Å²) in [5, 5.41) is 2.88. The van der Waals surface area contributed by atoms with Gasteiger partial charge in [0.2, 0.25) is 0 Å². The van der Waals surface area contributed by atoms with Gasteiger partial charge in [0.05, 0.1) is 13.7 Å². The van der Waals surface area contributed by atoms with Gasteiger partial charge in [-0.25, -0.2) is 0 Å². The number of anilines is 1. The highest BCUT2D eigenvalue weighted by Crippen LogP contribution is 2.17. The summed E-state index contributed by atoms with van der Waals surface area (Å²) in [6.45, 7) is 2.40. The lowest BCUT2D eigenvalue weighted by atomic mass is 10.1.